The Morgan fingerprint density at radius 3 is 3.08 bits per heavy atom. The van der Waals surface area contributed by atoms with Gasteiger partial charge in [0, 0.05) is 12.3 Å². The Labute approximate surface area is 75.9 Å². The largest absolute Gasteiger partial charge is 0.475 e. The topological polar surface area (TPSA) is 51.2 Å². The van der Waals surface area contributed by atoms with Gasteiger partial charge in [0.15, 0.2) is 0 Å². The minimum absolute atomic E-state index is 0.0922. The highest BCUT2D eigenvalue weighted by Gasteiger charge is 2.25. The number of aromatic nitrogens is 1. The first-order valence-electron chi connectivity index (χ1n) is 4.18. The van der Waals surface area contributed by atoms with Crippen LogP contribution < -0.4 is 10.1 Å². The van der Waals surface area contributed by atoms with Gasteiger partial charge in [0.1, 0.15) is 6.61 Å². The Bertz CT molecular complexity index is 292. The average molecular weight is 178 g/mol. The third-order valence-electron chi connectivity index (χ3n) is 1.87. The van der Waals surface area contributed by atoms with Crippen molar-refractivity contribution in [2.45, 2.75) is 12.5 Å². The number of ether oxygens (including phenoxy) is 1. The minimum atomic E-state index is 0.0922. The van der Waals surface area contributed by atoms with Crippen LogP contribution in [0.5, 0.6) is 5.88 Å². The molecule has 2 heterocycles. The Hall–Kier alpha value is -1.58. The van der Waals surface area contributed by atoms with Crippen LogP contribution in [0, 0.1) is 0 Å². The molecule has 1 amide bonds. The summed E-state index contributed by atoms with van der Waals surface area (Å²) in [5.74, 6) is 0.693. The lowest BCUT2D eigenvalue weighted by Gasteiger charge is -2.26. The van der Waals surface area contributed by atoms with Gasteiger partial charge < -0.3 is 10.1 Å². The molecule has 13 heavy (non-hydrogen) atoms. The maximum Gasteiger partial charge on any atom is 0.222 e. The predicted molar refractivity (Wildman–Crippen MR) is 46.3 cm³/mol. The number of amides is 1. The van der Waals surface area contributed by atoms with Crippen LogP contribution >= 0.6 is 0 Å². The molecule has 0 aromatic carbocycles. The van der Waals surface area contributed by atoms with Crippen LogP contribution in [0.15, 0.2) is 24.4 Å². The van der Waals surface area contributed by atoms with Gasteiger partial charge >= 0.3 is 0 Å². The zero-order valence-electron chi connectivity index (χ0n) is 7.06. The molecule has 0 saturated carbocycles. The van der Waals surface area contributed by atoms with Crippen LogP contribution in [0.1, 0.15) is 6.42 Å². The van der Waals surface area contributed by atoms with Crippen LogP contribution in [0.2, 0.25) is 0 Å². The van der Waals surface area contributed by atoms with E-state index in [0.29, 0.717) is 18.9 Å². The van der Waals surface area contributed by atoms with Crippen molar-refractivity contribution in [2.24, 2.45) is 0 Å². The van der Waals surface area contributed by atoms with Crippen molar-refractivity contribution in [3.8, 4) is 5.88 Å². The van der Waals surface area contributed by atoms with E-state index in [1.54, 1.807) is 12.3 Å². The van der Waals surface area contributed by atoms with Gasteiger partial charge in [-0.05, 0) is 6.07 Å². The summed E-state index contributed by atoms with van der Waals surface area (Å²) in [6, 6.07) is 5.65. The zero-order chi connectivity index (χ0) is 9.10. The van der Waals surface area contributed by atoms with E-state index in [2.05, 4.69) is 10.3 Å². The van der Waals surface area contributed by atoms with Gasteiger partial charge in [-0.2, -0.15) is 0 Å². The fraction of sp³-hybridized carbons (Fsp3) is 0.333. The number of rotatable bonds is 3. The fourth-order valence-corrected chi connectivity index (χ4v) is 1.15. The maximum absolute atomic E-state index is 10.5. The molecule has 2 rings (SSSR count). The van der Waals surface area contributed by atoms with Crippen molar-refractivity contribution in [3.63, 3.8) is 0 Å². The Morgan fingerprint density at radius 2 is 2.46 bits per heavy atom. The Kier molecular flexibility index (Phi) is 2.12. The molecule has 4 nitrogen and oxygen atoms in total. The molecule has 1 aliphatic rings. The zero-order valence-corrected chi connectivity index (χ0v) is 7.06. The number of carbonyl (C=O) groups is 1. The molecule has 1 N–H and O–H groups in total. The van der Waals surface area contributed by atoms with E-state index in [0.717, 1.165) is 0 Å². The monoisotopic (exact) mass is 178 g/mol. The van der Waals surface area contributed by atoms with Gasteiger partial charge in [-0.1, -0.05) is 6.07 Å². The summed E-state index contributed by atoms with van der Waals surface area (Å²) in [6.45, 7) is 0.503. The number of β-lactam (4-membered cyclic amide) rings is 1. The van der Waals surface area contributed by atoms with E-state index in [9.17, 15) is 4.79 Å². The molecule has 1 unspecified atom stereocenters. The van der Waals surface area contributed by atoms with Crippen molar-refractivity contribution in [1.82, 2.24) is 10.3 Å². The van der Waals surface area contributed by atoms with E-state index >= 15 is 0 Å². The molecule has 4 heteroatoms. The molecule has 1 saturated heterocycles. The standard InChI is InChI=1S/C9H10N2O2/c12-8-5-7(11-8)6-13-9-3-1-2-4-10-9/h1-4,7H,5-6H2,(H,11,12). The molecule has 1 fully saturated rings. The molecule has 1 aromatic rings. The number of pyridine rings is 1. The first kappa shape index (κ1) is 8.04. The minimum Gasteiger partial charge on any atom is -0.475 e. The number of nitrogens with zero attached hydrogens (tertiary/aromatic N) is 1. The van der Waals surface area contributed by atoms with Gasteiger partial charge in [-0.25, -0.2) is 4.98 Å². The molecule has 1 atom stereocenters. The normalized spacial score (nSPS) is 20.3. The van der Waals surface area contributed by atoms with Gasteiger partial charge in [0.2, 0.25) is 11.8 Å². The Balaban J connectivity index is 1.77. The summed E-state index contributed by atoms with van der Waals surface area (Å²) in [7, 11) is 0. The van der Waals surface area contributed by atoms with Crippen LogP contribution in [-0.4, -0.2) is 23.5 Å². The Morgan fingerprint density at radius 1 is 1.62 bits per heavy atom. The van der Waals surface area contributed by atoms with Crippen molar-refractivity contribution >= 4 is 5.91 Å². The molecule has 1 aromatic heterocycles. The van der Waals surface area contributed by atoms with Gasteiger partial charge in [-0.15, -0.1) is 0 Å². The summed E-state index contributed by atoms with van der Waals surface area (Å²) < 4.78 is 5.33. The highest BCUT2D eigenvalue weighted by atomic mass is 16.5. The van der Waals surface area contributed by atoms with Crippen molar-refractivity contribution in [1.29, 1.82) is 0 Å². The van der Waals surface area contributed by atoms with E-state index in [-0.39, 0.29) is 11.9 Å². The van der Waals surface area contributed by atoms with Gasteiger partial charge in [0.25, 0.3) is 0 Å². The van der Waals surface area contributed by atoms with Crippen LogP contribution in [0.25, 0.3) is 0 Å². The number of nitrogens with one attached hydrogen (secondary N) is 1. The van der Waals surface area contributed by atoms with E-state index < -0.39 is 0 Å². The molecule has 68 valence electrons. The van der Waals surface area contributed by atoms with Crippen LogP contribution in [0.4, 0.5) is 0 Å². The fourth-order valence-electron chi connectivity index (χ4n) is 1.15. The second-order valence-electron chi connectivity index (χ2n) is 2.95. The van der Waals surface area contributed by atoms with E-state index in [1.165, 1.54) is 0 Å². The van der Waals surface area contributed by atoms with Gasteiger partial charge in [0.05, 0.1) is 12.5 Å². The van der Waals surface area contributed by atoms with Crippen molar-refractivity contribution in [2.75, 3.05) is 6.61 Å². The van der Waals surface area contributed by atoms with E-state index in [1.807, 2.05) is 12.1 Å². The second kappa shape index (κ2) is 3.43. The summed E-state index contributed by atoms with van der Waals surface area (Å²) >= 11 is 0. The highest BCUT2D eigenvalue weighted by Crippen LogP contribution is 2.08. The molecule has 0 radical (unpaired) electrons. The first-order chi connectivity index (χ1) is 6.34. The lowest BCUT2D eigenvalue weighted by Crippen LogP contribution is -2.51. The summed E-state index contributed by atoms with van der Waals surface area (Å²) in [5, 5.41) is 2.72. The molecule has 0 spiro atoms. The third kappa shape index (κ3) is 1.96. The molecule has 0 aliphatic carbocycles. The van der Waals surface area contributed by atoms with E-state index in [4.69, 9.17) is 4.74 Å². The molecule has 0 bridgehead atoms. The molecular formula is C9H10N2O2. The van der Waals surface area contributed by atoms with Crippen molar-refractivity contribution < 1.29 is 9.53 Å². The molecule has 1 aliphatic heterocycles. The summed E-state index contributed by atoms with van der Waals surface area (Å²) in [4.78, 5) is 14.5. The highest BCUT2D eigenvalue weighted by molar-refractivity contribution is 5.82. The van der Waals surface area contributed by atoms with Crippen molar-refractivity contribution in [3.05, 3.63) is 24.4 Å². The summed E-state index contributed by atoms with van der Waals surface area (Å²) in [5.41, 5.74) is 0. The van der Waals surface area contributed by atoms with Crippen LogP contribution in [-0.2, 0) is 4.79 Å². The third-order valence-corrected chi connectivity index (χ3v) is 1.87. The SMILES string of the molecule is O=C1CC(COc2ccccn2)N1. The lowest BCUT2D eigenvalue weighted by molar-refractivity contribution is -0.128. The number of hydrogen-bond donors (Lipinski definition) is 1. The number of hydrogen-bond acceptors (Lipinski definition) is 3. The molecular weight excluding hydrogens is 168 g/mol. The lowest BCUT2D eigenvalue weighted by atomic mass is 10.1. The average Bonchev–Trinajstić information content (AvgIpc) is 2.12. The number of carbonyl (C=O) groups excluding carboxylic acids is 1. The first-order valence-corrected chi connectivity index (χ1v) is 4.18. The van der Waals surface area contributed by atoms with Crippen LogP contribution in [0.3, 0.4) is 0 Å². The second-order valence-corrected chi connectivity index (χ2v) is 2.95. The quantitative estimate of drug-likeness (QED) is 0.679. The summed E-state index contributed by atoms with van der Waals surface area (Å²) in [6.07, 6.45) is 2.24. The predicted octanol–water partition coefficient (Wildman–Crippen LogP) is 0.349. The van der Waals surface area contributed by atoms with Gasteiger partial charge in [-0.3, -0.25) is 4.79 Å². The maximum atomic E-state index is 10.5. The smallest absolute Gasteiger partial charge is 0.222 e.